The highest BCUT2D eigenvalue weighted by Crippen LogP contribution is 2.32. The highest BCUT2D eigenvalue weighted by Gasteiger charge is 2.11. The predicted molar refractivity (Wildman–Crippen MR) is 67.1 cm³/mol. The Bertz CT molecular complexity index is 673. The summed E-state index contributed by atoms with van der Waals surface area (Å²) in [4.78, 5) is 13.5. The van der Waals surface area contributed by atoms with E-state index in [1.54, 1.807) is 0 Å². The van der Waals surface area contributed by atoms with E-state index < -0.39 is 0 Å². The van der Waals surface area contributed by atoms with Gasteiger partial charge in [0, 0.05) is 5.39 Å². The second kappa shape index (κ2) is 3.97. The molecule has 3 heterocycles. The average Bonchev–Trinajstić information content (AvgIpc) is 2.87. The summed E-state index contributed by atoms with van der Waals surface area (Å²) in [5.74, 6) is 1.05. The molecule has 3 aromatic rings. The van der Waals surface area contributed by atoms with Crippen LogP contribution in [0.15, 0.2) is 21.6 Å². The highest BCUT2D eigenvalue weighted by atomic mass is 32.2. The van der Waals surface area contributed by atoms with Gasteiger partial charge in [-0.25, -0.2) is 15.0 Å². The third-order valence-electron chi connectivity index (χ3n) is 2.07. The lowest BCUT2D eigenvalue weighted by Gasteiger charge is -1.99. The summed E-state index contributed by atoms with van der Waals surface area (Å²) in [6, 6.07) is 1.97. The first kappa shape index (κ1) is 10.5. The first-order valence-corrected chi connectivity index (χ1v) is 6.49. The van der Waals surface area contributed by atoms with Gasteiger partial charge in [0.25, 0.3) is 0 Å². The predicted octanol–water partition coefficient (Wildman–Crippen LogP) is 1.85. The fourth-order valence-electron chi connectivity index (χ4n) is 1.38. The van der Waals surface area contributed by atoms with Crippen LogP contribution < -0.4 is 5.73 Å². The Morgan fingerprint density at radius 3 is 3.00 bits per heavy atom. The molecule has 0 bridgehead atoms. The summed E-state index contributed by atoms with van der Waals surface area (Å²) in [7, 11) is 0. The van der Waals surface area contributed by atoms with Crippen molar-refractivity contribution >= 4 is 39.3 Å². The maximum Gasteiger partial charge on any atom is 0.222 e. The van der Waals surface area contributed by atoms with Crippen LogP contribution in [-0.2, 0) is 0 Å². The van der Waals surface area contributed by atoms with Crippen LogP contribution in [-0.4, -0.2) is 25.1 Å². The fourth-order valence-corrected chi connectivity index (χ4v) is 3.07. The minimum Gasteiger partial charge on any atom is -0.368 e. The van der Waals surface area contributed by atoms with Gasteiger partial charge in [-0.1, -0.05) is 0 Å². The minimum atomic E-state index is 0.273. The van der Waals surface area contributed by atoms with Crippen LogP contribution in [0.2, 0.25) is 0 Å². The molecule has 3 rings (SSSR count). The smallest absolute Gasteiger partial charge is 0.222 e. The Hall–Kier alpha value is -1.67. The molecule has 0 amide bonds. The van der Waals surface area contributed by atoms with Crippen LogP contribution in [0.25, 0.3) is 10.2 Å². The lowest BCUT2D eigenvalue weighted by Crippen LogP contribution is -1.95. The van der Waals surface area contributed by atoms with Gasteiger partial charge >= 0.3 is 0 Å². The van der Waals surface area contributed by atoms with E-state index in [9.17, 15) is 0 Å². The van der Waals surface area contributed by atoms with E-state index in [-0.39, 0.29) is 5.95 Å². The molecule has 3 N–H and O–H groups in total. The zero-order valence-electron chi connectivity index (χ0n) is 8.84. The van der Waals surface area contributed by atoms with Crippen molar-refractivity contribution in [3.05, 3.63) is 17.3 Å². The van der Waals surface area contributed by atoms with Gasteiger partial charge in [0.2, 0.25) is 11.1 Å². The van der Waals surface area contributed by atoms with Crippen LogP contribution >= 0.6 is 23.1 Å². The number of nitrogens with zero attached hydrogens (tertiary/aromatic N) is 4. The zero-order valence-corrected chi connectivity index (χ0v) is 10.5. The summed E-state index contributed by atoms with van der Waals surface area (Å²) in [6.07, 6.45) is 0. The number of aryl methyl sites for hydroxylation is 1. The standard InChI is InChI=1S/C9H8N6S2/c1-4-11-9(15-14-4)17-7-5-2-3-16-6(5)12-8(10)13-7/h2-3H,1H3,(H2,10,12,13)(H,11,14,15). The molecule has 6 nitrogen and oxygen atoms in total. The lowest BCUT2D eigenvalue weighted by atomic mass is 10.4. The van der Waals surface area contributed by atoms with Gasteiger partial charge < -0.3 is 5.73 Å². The number of rotatable bonds is 2. The quantitative estimate of drug-likeness (QED) is 0.686. The Morgan fingerprint density at radius 1 is 1.35 bits per heavy atom. The van der Waals surface area contributed by atoms with E-state index >= 15 is 0 Å². The fraction of sp³-hybridized carbons (Fsp3) is 0.111. The minimum absolute atomic E-state index is 0.273. The van der Waals surface area contributed by atoms with Crippen molar-refractivity contribution < 1.29 is 0 Å². The summed E-state index contributed by atoms with van der Waals surface area (Å²) >= 11 is 2.92. The van der Waals surface area contributed by atoms with E-state index in [1.165, 1.54) is 23.1 Å². The maximum atomic E-state index is 5.67. The summed E-state index contributed by atoms with van der Waals surface area (Å²) in [5, 5.41) is 11.2. The molecule has 8 heteroatoms. The monoisotopic (exact) mass is 264 g/mol. The number of nitrogens with two attached hydrogens (primary N) is 1. The Balaban J connectivity index is 2.07. The summed E-state index contributed by atoms with van der Waals surface area (Å²) in [6.45, 7) is 1.85. The van der Waals surface area contributed by atoms with Crippen molar-refractivity contribution in [2.75, 3.05) is 5.73 Å². The summed E-state index contributed by atoms with van der Waals surface area (Å²) < 4.78 is 0. The number of thiophene rings is 1. The van der Waals surface area contributed by atoms with Gasteiger partial charge in [-0.3, -0.25) is 5.10 Å². The van der Waals surface area contributed by atoms with Crippen molar-refractivity contribution in [3.63, 3.8) is 0 Å². The third-order valence-corrected chi connectivity index (χ3v) is 3.75. The molecule has 0 unspecified atom stereocenters. The number of fused-ring (bicyclic) bond motifs is 1. The second-order valence-electron chi connectivity index (χ2n) is 3.33. The highest BCUT2D eigenvalue weighted by molar-refractivity contribution is 7.99. The molecule has 17 heavy (non-hydrogen) atoms. The molecule has 0 saturated heterocycles. The van der Waals surface area contributed by atoms with Gasteiger partial charge in [-0.05, 0) is 30.1 Å². The molecule has 0 fully saturated rings. The Morgan fingerprint density at radius 2 is 2.24 bits per heavy atom. The van der Waals surface area contributed by atoms with Crippen molar-refractivity contribution in [2.45, 2.75) is 17.1 Å². The van der Waals surface area contributed by atoms with Crippen LogP contribution in [0.3, 0.4) is 0 Å². The first-order chi connectivity index (χ1) is 8.22. The van der Waals surface area contributed by atoms with Crippen LogP contribution in [0.1, 0.15) is 5.82 Å². The van der Waals surface area contributed by atoms with Crippen LogP contribution in [0, 0.1) is 6.92 Å². The van der Waals surface area contributed by atoms with Gasteiger partial charge in [-0.15, -0.1) is 16.4 Å². The van der Waals surface area contributed by atoms with Crippen molar-refractivity contribution in [2.24, 2.45) is 0 Å². The van der Waals surface area contributed by atoms with Crippen molar-refractivity contribution in [1.82, 2.24) is 25.1 Å². The van der Waals surface area contributed by atoms with Crippen LogP contribution in [0.4, 0.5) is 5.95 Å². The van der Waals surface area contributed by atoms with Gasteiger partial charge in [0.05, 0.1) is 0 Å². The normalized spacial score (nSPS) is 11.1. The number of hydrogen-bond acceptors (Lipinski definition) is 7. The third kappa shape index (κ3) is 1.96. The van der Waals surface area contributed by atoms with E-state index in [0.29, 0.717) is 5.16 Å². The molecular formula is C9H8N6S2. The largest absolute Gasteiger partial charge is 0.368 e. The van der Waals surface area contributed by atoms with E-state index in [1.807, 2.05) is 18.4 Å². The molecule has 86 valence electrons. The second-order valence-corrected chi connectivity index (χ2v) is 5.18. The van der Waals surface area contributed by atoms with Gasteiger partial charge in [0.1, 0.15) is 15.7 Å². The van der Waals surface area contributed by atoms with Crippen molar-refractivity contribution in [1.29, 1.82) is 0 Å². The molecule has 0 aliphatic rings. The lowest BCUT2D eigenvalue weighted by molar-refractivity contribution is 0.965. The molecular weight excluding hydrogens is 256 g/mol. The van der Waals surface area contributed by atoms with Gasteiger partial charge in [-0.2, -0.15) is 0 Å². The van der Waals surface area contributed by atoms with Crippen LogP contribution in [0.5, 0.6) is 0 Å². The van der Waals surface area contributed by atoms with Crippen molar-refractivity contribution in [3.8, 4) is 0 Å². The molecule has 0 saturated carbocycles. The molecule has 0 atom stereocenters. The average molecular weight is 264 g/mol. The molecule has 0 radical (unpaired) electrons. The Labute approximate surface area is 105 Å². The number of anilines is 1. The summed E-state index contributed by atoms with van der Waals surface area (Å²) in [5.41, 5.74) is 5.67. The van der Waals surface area contributed by atoms with Gasteiger partial charge in [0.15, 0.2) is 0 Å². The molecule has 0 aromatic carbocycles. The SMILES string of the molecule is Cc1nc(Sc2nc(N)nc3sccc23)n[nH]1. The van der Waals surface area contributed by atoms with E-state index in [4.69, 9.17) is 5.73 Å². The maximum absolute atomic E-state index is 5.67. The number of hydrogen-bond donors (Lipinski definition) is 2. The number of nitrogens with one attached hydrogen (secondary N) is 1. The first-order valence-electron chi connectivity index (χ1n) is 4.80. The molecule has 0 aliphatic heterocycles. The zero-order chi connectivity index (χ0) is 11.8. The van der Waals surface area contributed by atoms with E-state index in [2.05, 4.69) is 25.1 Å². The molecule has 0 spiro atoms. The van der Waals surface area contributed by atoms with E-state index in [0.717, 1.165) is 21.1 Å². The number of aromatic nitrogens is 5. The number of H-pyrrole nitrogens is 1. The molecule has 3 aromatic heterocycles. The molecule has 0 aliphatic carbocycles. The topological polar surface area (TPSA) is 93.4 Å². The number of aromatic amines is 1. The Kier molecular flexibility index (Phi) is 2.45. The number of nitrogen functional groups attached to an aromatic ring is 1.